The molecule has 0 amide bonds. The number of methoxy groups -OCH3 is 1. The molecule has 0 radical (unpaired) electrons. The maximum absolute atomic E-state index is 10.3. The van der Waals surface area contributed by atoms with E-state index in [-0.39, 0.29) is 19.8 Å². The van der Waals surface area contributed by atoms with Crippen LogP contribution in [0.2, 0.25) is 0 Å². The molecule has 7 N–H and O–H groups in total. The Morgan fingerprint density at radius 1 is 0.586 bits per heavy atom. The molecule has 170 valence electrons. The van der Waals surface area contributed by atoms with Gasteiger partial charge in [0.05, 0.1) is 19.8 Å². The molecule has 0 aromatic carbocycles. The van der Waals surface area contributed by atoms with Crippen LogP contribution >= 0.6 is 0 Å². The van der Waals surface area contributed by atoms with Gasteiger partial charge in [-0.15, -0.1) is 0 Å². The zero-order valence-electron chi connectivity index (χ0n) is 15.6. The van der Waals surface area contributed by atoms with E-state index in [1.807, 2.05) is 0 Å². The highest BCUT2D eigenvalue weighted by Gasteiger charge is 2.48. The van der Waals surface area contributed by atoms with E-state index in [2.05, 4.69) is 0 Å². The minimum absolute atomic E-state index is 0.178. The first-order chi connectivity index (χ1) is 13.7. The van der Waals surface area contributed by atoms with Gasteiger partial charge >= 0.3 is 0 Å². The minimum Gasteiger partial charge on any atom is -0.388 e. The highest BCUT2D eigenvalue weighted by molar-refractivity contribution is 4.90. The molecule has 12 atom stereocenters. The Balaban J connectivity index is 1.57. The zero-order valence-corrected chi connectivity index (χ0v) is 15.6. The van der Waals surface area contributed by atoms with Crippen molar-refractivity contribution in [3.63, 3.8) is 0 Å². The Kier molecular flexibility index (Phi) is 7.77. The molecule has 3 fully saturated rings. The van der Waals surface area contributed by atoms with Gasteiger partial charge in [-0.25, -0.2) is 0 Å². The van der Waals surface area contributed by atoms with E-state index < -0.39 is 73.8 Å². The zero-order chi connectivity index (χ0) is 21.3. The van der Waals surface area contributed by atoms with Gasteiger partial charge in [-0.05, 0) is 0 Å². The standard InChI is InChI=1S/C16H28O13/c1-24-14-12(23)13(6(18)3-25-14)29-16-11(22)9(20)7(4-27-16)28-15-10(21)8(19)5(17)2-26-15/h5-23H,2-4H2,1H3. The van der Waals surface area contributed by atoms with Crippen LogP contribution in [0.4, 0.5) is 0 Å². The van der Waals surface area contributed by atoms with Crippen molar-refractivity contribution in [2.75, 3.05) is 26.9 Å². The van der Waals surface area contributed by atoms with Crippen LogP contribution in [0.5, 0.6) is 0 Å². The van der Waals surface area contributed by atoms with Gasteiger partial charge in [-0.2, -0.15) is 0 Å². The summed E-state index contributed by atoms with van der Waals surface area (Å²) in [7, 11) is 1.30. The molecule has 3 aliphatic heterocycles. The van der Waals surface area contributed by atoms with Crippen molar-refractivity contribution in [3.05, 3.63) is 0 Å². The van der Waals surface area contributed by atoms with Crippen molar-refractivity contribution in [2.45, 2.75) is 73.8 Å². The fraction of sp³-hybridized carbons (Fsp3) is 1.00. The minimum atomic E-state index is -1.63. The van der Waals surface area contributed by atoms with Gasteiger partial charge < -0.3 is 64.2 Å². The van der Waals surface area contributed by atoms with E-state index in [0.29, 0.717) is 0 Å². The lowest BCUT2D eigenvalue weighted by Gasteiger charge is -2.44. The molecule has 3 rings (SSSR count). The maximum Gasteiger partial charge on any atom is 0.186 e. The average Bonchev–Trinajstić information content (AvgIpc) is 2.70. The number of ether oxygens (including phenoxy) is 6. The maximum atomic E-state index is 10.3. The largest absolute Gasteiger partial charge is 0.388 e. The molecule has 3 aliphatic rings. The van der Waals surface area contributed by atoms with E-state index in [1.54, 1.807) is 0 Å². The van der Waals surface area contributed by atoms with Crippen molar-refractivity contribution in [2.24, 2.45) is 0 Å². The lowest BCUT2D eigenvalue weighted by molar-refractivity contribution is -0.351. The van der Waals surface area contributed by atoms with Crippen LogP contribution in [-0.2, 0) is 28.4 Å². The van der Waals surface area contributed by atoms with Crippen molar-refractivity contribution in [3.8, 4) is 0 Å². The molecule has 13 nitrogen and oxygen atoms in total. The van der Waals surface area contributed by atoms with Gasteiger partial charge in [0.25, 0.3) is 0 Å². The first kappa shape index (κ1) is 23.1. The molecule has 13 heteroatoms. The van der Waals surface area contributed by atoms with Crippen LogP contribution in [0.15, 0.2) is 0 Å². The lowest BCUT2D eigenvalue weighted by atomic mass is 10.0. The molecule has 0 aromatic rings. The van der Waals surface area contributed by atoms with Crippen LogP contribution in [0.3, 0.4) is 0 Å². The van der Waals surface area contributed by atoms with Gasteiger partial charge in [-0.1, -0.05) is 0 Å². The fourth-order valence-electron chi connectivity index (χ4n) is 3.38. The number of aliphatic hydroxyl groups is 7. The second-order valence-electron chi connectivity index (χ2n) is 7.20. The van der Waals surface area contributed by atoms with Crippen LogP contribution in [0.25, 0.3) is 0 Å². The lowest BCUT2D eigenvalue weighted by Crippen LogP contribution is -2.62. The van der Waals surface area contributed by atoms with E-state index in [0.717, 1.165) is 0 Å². The Morgan fingerprint density at radius 3 is 1.83 bits per heavy atom. The van der Waals surface area contributed by atoms with Gasteiger partial charge in [0.15, 0.2) is 18.9 Å². The Hall–Kier alpha value is -0.520. The first-order valence-electron chi connectivity index (χ1n) is 9.19. The Labute approximate surface area is 165 Å². The molecule has 0 aliphatic carbocycles. The van der Waals surface area contributed by atoms with E-state index in [1.165, 1.54) is 7.11 Å². The smallest absolute Gasteiger partial charge is 0.186 e. The first-order valence-corrected chi connectivity index (χ1v) is 9.19. The van der Waals surface area contributed by atoms with Crippen molar-refractivity contribution >= 4 is 0 Å². The third-order valence-electron chi connectivity index (χ3n) is 5.15. The summed E-state index contributed by atoms with van der Waals surface area (Å²) in [6.45, 7) is -0.763. The topological polar surface area (TPSA) is 197 Å². The molecule has 29 heavy (non-hydrogen) atoms. The molecule has 3 saturated heterocycles. The van der Waals surface area contributed by atoms with Crippen LogP contribution in [0.1, 0.15) is 0 Å². The highest BCUT2D eigenvalue weighted by atomic mass is 16.7. The van der Waals surface area contributed by atoms with Crippen LogP contribution < -0.4 is 0 Å². The predicted octanol–water partition coefficient (Wildman–Crippen LogP) is -5.00. The molecule has 0 bridgehead atoms. The summed E-state index contributed by atoms with van der Waals surface area (Å²) in [4.78, 5) is 0. The van der Waals surface area contributed by atoms with Crippen LogP contribution in [-0.4, -0.2) is 136 Å². The monoisotopic (exact) mass is 428 g/mol. The van der Waals surface area contributed by atoms with Gasteiger partial charge in [0.2, 0.25) is 0 Å². The Morgan fingerprint density at radius 2 is 1.14 bits per heavy atom. The van der Waals surface area contributed by atoms with Gasteiger partial charge in [-0.3, -0.25) is 0 Å². The summed E-state index contributed by atoms with van der Waals surface area (Å²) in [5.41, 5.74) is 0. The van der Waals surface area contributed by atoms with Crippen molar-refractivity contribution in [1.82, 2.24) is 0 Å². The molecular weight excluding hydrogens is 400 g/mol. The average molecular weight is 428 g/mol. The summed E-state index contributed by atoms with van der Waals surface area (Å²) in [5.74, 6) is 0. The molecule has 0 spiro atoms. The number of rotatable bonds is 5. The summed E-state index contributed by atoms with van der Waals surface area (Å²) >= 11 is 0. The van der Waals surface area contributed by atoms with Gasteiger partial charge in [0, 0.05) is 7.11 Å². The SMILES string of the molecule is COC1OCC(O)C(OC2OCC(OC3OCC(O)C(O)C3O)C(O)C2O)C1O. The number of aliphatic hydroxyl groups excluding tert-OH is 7. The van der Waals surface area contributed by atoms with Gasteiger partial charge in [0.1, 0.15) is 54.9 Å². The summed E-state index contributed by atoms with van der Waals surface area (Å²) in [6, 6.07) is 0. The third kappa shape index (κ3) is 4.88. The molecule has 0 aromatic heterocycles. The molecule has 3 heterocycles. The fourth-order valence-corrected chi connectivity index (χ4v) is 3.38. The number of hydrogen-bond donors (Lipinski definition) is 7. The van der Waals surface area contributed by atoms with Crippen molar-refractivity contribution < 1.29 is 64.2 Å². The normalized spacial score (nSPS) is 51.7. The predicted molar refractivity (Wildman–Crippen MR) is 88.0 cm³/mol. The Bertz CT molecular complexity index is 523. The molecule has 0 saturated carbocycles. The summed E-state index contributed by atoms with van der Waals surface area (Å²) in [5, 5.41) is 69.9. The second kappa shape index (κ2) is 9.74. The molecule has 12 unspecified atom stereocenters. The summed E-state index contributed by atoms with van der Waals surface area (Å²) in [6.07, 6.45) is -16.3. The summed E-state index contributed by atoms with van der Waals surface area (Å²) < 4.78 is 31.3. The van der Waals surface area contributed by atoms with E-state index in [4.69, 9.17) is 28.4 Å². The van der Waals surface area contributed by atoms with E-state index >= 15 is 0 Å². The molecular formula is C16H28O13. The van der Waals surface area contributed by atoms with Crippen molar-refractivity contribution in [1.29, 1.82) is 0 Å². The van der Waals surface area contributed by atoms with E-state index in [9.17, 15) is 35.7 Å². The van der Waals surface area contributed by atoms with Crippen LogP contribution in [0, 0.1) is 0 Å². The second-order valence-corrected chi connectivity index (χ2v) is 7.20. The number of hydrogen-bond acceptors (Lipinski definition) is 13. The highest BCUT2D eigenvalue weighted by Crippen LogP contribution is 2.27. The quantitative estimate of drug-likeness (QED) is 0.220. The third-order valence-corrected chi connectivity index (χ3v) is 5.15.